The predicted molar refractivity (Wildman–Crippen MR) is 92.2 cm³/mol. The van der Waals surface area contributed by atoms with Gasteiger partial charge in [-0.05, 0) is 31.6 Å². The van der Waals surface area contributed by atoms with Gasteiger partial charge in [-0.3, -0.25) is 4.79 Å². The molecule has 0 bridgehead atoms. The summed E-state index contributed by atoms with van der Waals surface area (Å²) in [7, 11) is 3.55. The Labute approximate surface area is 141 Å². The molecule has 5 nitrogen and oxygen atoms in total. The van der Waals surface area contributed by atoms with Crippen molar-refractivity contribution in [1.29, 1.82) is 0 Å². The molecule has 0 spiro atoms. The van der Waals surface area contributed by atoms with Crippen LogP contribution in [-0.2, 0) is 4.79 Å². The number of nitrogens with zero attached hydrogens (tertiary/aromatic N) is 3. The molecule has 0 aromatic carbocycles. The highest BCUT2D eigenvalue weighted by molar-refractivity contribution is 5.79. The SMILES string of the molecule is CCCCC1CCC(C(=O)N2CCN(C(=O)N(C)C)CC2)CC1. The standard InChI is InChI=1S/C18H33N3O2/c1-4-5-6-15-7-9-16(10-8-15)17(22)20-11-13-21(14-12-20)18(23)19(2)3/h15-16H,4-14H2,1-3H3. The molecule has 0 radical (unpaired) electrons. The van der Waals surface area contributed by atoms with Crippen LogP contribution in [0.4, 0.5) is 4.79 Å². The molecule has 132 valence electrons. The molecule has 23 heavy (non-hydrogen) atoms. The van der Waals surface area contributed by atoms with E-state index in [-0.39, 0.29) is 11.9 Å². The van der Waals surface area contributed by atoms with Crippen LogP contribution in [0.1, 0.15) is 51.9 Å². The van der Waals surface area contributed by atoms with E-state index in [1.54, 1.807) is 19.0 Å². The Kier molecular flexibility index (Phi) is 6.72. The fraction of sp³-hybridized carbons (Fsp3) is 0.889. The van der Waals surface area contributed by atoms with E-state index in [1.807, 2.05) is 9.80 Å². The lowest BCUT2D eigenvalue weighted by Gasteiger charge is -2.38. The molecule has 2 rings (SSSR count). The van der Waals surface area contributed by atoms with Gasteiger partial charge in [0.15, 0.2) is 0 Å². The van der Waals surface area contributed by atoms with Gasteiger partial charge in [0.1, 0.15) is 0 Å². The van der Waals surface area contributed by atoms with Gasteiger partial charge in [-0.2, -0.15) is 0 Å². The summed E-state index contributed by atoms with van der Waals surface area (Å²) in [6, 6.07) is 0.0496. The minimum absolute atomic E-state index is 0.0496. The van der Waals surface area contributed by atoms with E-state index in [9.17, 15) is 9.59 Å². The minimum Gasteiger partial charge on any atom is -0.339 e. The maximum Gasteiger partial charge on any atom is 0.319 e. The van der Waals surface area contributed by atoms with Gasteiger partial charge in [0.05, 0.1) is 0 Å². The van der Waals surface area contributed by atoms with E-state index >= 15 is 0 Å². The zero-order valence-electron chi connectivity index (χ0n) is 15.1. The summed E-state index contributed by atoms with van der Waals surface area (Å²) in [5.74, 6) is 1.40. The summed E-state index contributed by atoms with van der Waals surface area (Å²) in [5, 5.41) is 0. The summed E-state index contributed by atoms with van der Waals surface area (Å²) in [5.41, 5.74) is 0. The Morgan fingerprint density at radius 3 is 2.04 bits per heavy atom. The fourth-order valence-electron chi connectivity index (χ4n) is 3.85. The molecule has 0 N–H and O–H groups in total. The van der Waals surface area contributed by atoms with Crippen LogP contribution in [0, 0.1) is 11.8 Å². The molecule has 5 heteroatoms. The number of hydrogen-bond acceptors (Lipinski definition) is 2. The van der Waals surface area contributed by atoms with Crippen molar-refractivity contribution >= 4 is 11.9 Å². The van der Waals surface area contributed by atoms with Gasteiger partial charge < -0.3 is 14.7 Å². The summed E-state index contributed by atoms with van der Waals surface area (Å²) in [6.07, 6.45) is 8.49. The van der Waals surface area contributed by atoms with Crippen LogP contribution in [0.2, 0.25) is 0 Å². The van der Waals surface area contributed by atoms with Crippen molar-refractivity contribution in [2.75, 3.05) is 40.3 Å². The molecule has 2 aliphatic rings. The number of piperazine rings is 1. The zero-order chi connectivity index (χ0) is 16.8. The molecular formula is C18H33N3O2. The van der Waals surface area contributed by atoms with E-state index in [2.05, 4.69) is 6.92 Å². The number of unbranched alkanes of at least 4 members (excludes halogenated alkanes) is 1. The van der Waals surface area contributed by atoms with Gasteiger partial charge in [-0.25, -0.2) is 4.79 Å². The maximum atomic E-state index is 12.7. The smallest absolute Gasteiger partial charge is 0.319 e. The summed E-state index contributed by atoms with van der Waals surface area (Å²) < 4.78 is 0. The molecule has 0 atom stereocenters. The van der Waals surface area contributed by atoms with Crippen molar-refractivity contribution in [2.24, 2.45) is 11.8 Å². The quantitative estimate of drug-likeness (QED) is 0.798. The van der Waals surface area contributed by atoms with Crippen LogP contribution >= 0.6 is 0 Å². The summed E-state index contributed by atoms with van der Waals surface area (Å²) in [4.78, 5) is 30.1. The molecule has 0 unspecified atom stereocenters. The van der Waals surface area contributed by atoms with E-state index in [1.165, 1.54) is 32.1 Å². The first-order chi connectivity index (χ1) is 11.0. The van der Waals surface area contributed by atoms with E-state index < -0.39 is 0 Å². The van der Waals surface area contributed by atoms with E-state index in [0.717, 1.165) is 18.8 Å². The summed E-state index contributed by atoms with van der Waals surface area (Å²) in [6.45, 7) is 4.95. The van der Waals surface area contributed by atoms with Gasteiger partial charge in [0.25, 0.3) is 0 Å². The number of amides is 3. The lowest BCUT2D eigenvalue weighted by Crippen LogP contribution is -2.54. The first-order valence-corrected chi connectivity index (χ1v) is 9.28. The van der Waals surface area contributed by atoms with Gasteiger partial charge in [-0.1, -0.05) is 26.2 Å². The Morgan fingerprint density at radius 2 is 1.52 bits per heavy atom. The Hall–Kier alpha value is -1.26. The molecule has 0 aromatic heterocycles. The van der Waals surface area contributed by atoms with Crippen molar-refractivity contribution in [3.63, 3.8) is 0 Å². The van der Waals surface area contributed by atoms with Crippen LogP contribution in [0.3, 0.4) is 0 Å². The zero-order valence-corrected chi connectivity index (χ0v) is 15.1. The molecule has 1 aliphatic carbocycles. The summed E-state index contributed by atoms with van der Waals surface area (Å²) >= 11 is 0. The van der Waals surface area contributed by atoms with Gasteiger partial charge in [0.2, 0.25) is 5.91 Å². The molecule has 1 saturated carbocycles. The topological polar surface area (TPSA) is 43.9 Å². The first-order valence-electron chi connectivity index (χ1n) is 9.28. The molecular weight excluding hydrogens is 290 g/mol. The van der Waals surface area contributed by atoms with E-state index in [0.29, 0.717) is 32.1 Å². The average molecular weight is 323 g/mol. The molecule has 1 saturated heterocycles. The number of hydrogen-bond donors (Lipinski definition) is 0. The van der Waals surface area contributed by atoms with Crippen LogP contribution in [-0.4, -0.2) is 66.9 Å². The molecule has 2 fully saturated rings. The molecule has 1 heterocycles. The first kappa shape index (κ1) is 18.1. The van der Waals surface area contributed by atoms with Crippen molar-refractivity contribution in [2.45, 2.75) is 51.9 Å². The third kappa shape index (κ3) is 4.85. The highest BCUT2D eigenvalue weighted by Crippen LogP contribution is 2.33. The number of rotatable bonds is 4. The van der Waals surface area contributed by atoms with Gasteiger partial charge in [0, 0.05) is 46.2 Å². The highest BCUT2D eigenvalue weighted by Gasteiger charge is 2.31. The Balaban J connectivity index is 1.74. The normalized spacial score (nSPS) is 25.3. The van der Waals surface area contributed by atoms with Crippen molar-refractivity contribution < 1.29 is 9.59 Å². The van der Waals surface area contributed by atoms with Gasteiger partial charge in [-0.15, -0.1) is 0 Å². The van der Waals surface area contributed by atoms with Crippen molar-refractivity contribution in [1.82, 2.24) is 14.7 Å². The predicted octanol–water partition coefficient (Wildman–Crippen LogP) is 2.81. The number of carbonyl (C=O) groups excluding carboxylic acids is 2. The van der Waals surface area contributed by atoms with Crippen LogP contribution < -0.4 is 0 Å². The molecule has 1 aliphatic heterocycles. The third-order valence-electron chi connectivity index (χ3n) is 5.41. The molecule has 0 aromatic rings. The monoisotopic (exact) mass is 323 g/mol. The number of urea groups is 1. The highest BCUT2D eigenvalue weighted by atomic mass is 16.2. The Morgan fingerprint density at radius 1 is 0.957 bits per heavy atom. The second-order valence-corrected chi connectivity index (χ2v) is 7.35. The average Bonchev–Trinajstić information content (AvgIpc) is 2.59. The van der Waals surface area contributed by atoms with Crippen molar-refractivity contribution in [3.05, 3.63) is 0 Å². The number of carbonyl (C=O) groups is 2. The van der Waals surface area contributed by atoms with Crippen molar-refractivity contribution in [3.8, 4) is 0 Å². The lowest BCUT2D eigenvalue weighted by atomic mass is 9.79. The Bertz CT molecular complexity index is 395. The van der Waals surface area contributed by atoms with E-state index in [4.69, 9.17) is 0 Å². The minimum atomic E-state index is 0.0496. The van der Waals surface area contributed by atoms with Gasteiger partial charge >= 0.3 is 6.03 Å². The second-order valence-electron chi connectivity index (χ2n) is 7.35. The second kappa shape index (κ2) is 8.55. The lowest BCUT2D eigenvalue weighted by molar-refractivity contribution is -0.138. The van der Waals surface area contributed by atoms with Crippen LogP contribution in [0.5, 0.6) is 0 Å². The van der Waals surface area contributed by atoms with Crippen LogP contribution in [0.25, 0.3) is 0 Å². The maximum absolute atomic E-state index is 12.7. The third-order valence-corrected chi connectivity index (χ3v) is 5.41. The fourth-order valence-corrected chi connectivity index (χ4v) is 3.85. The van der Waals surface area contributed by atoms with Crippen LogP contribution in [0.15, 0.2) is 0 Å². The largest absolute Gasteiger partial charge is 0.339 e. The molecule has 3 amide bonds.